The predicted octanol–water partition coefficient (Wildman–Crippen LogP) is 2.51. The number of nitrogens with zero attached hydrogens (tertiary/aromatic N) is 2. The fraction of sp³-hybridized carbons (Fsp3) is 0.385. The van der Waals surface area contributed by atoms with E-state index in [9.17, 15) is 17.6 Å². The Bertz CT molecular complexity index is 635. The average Bonchev–Trinajstić information content (AvgIpc) is 3.09. The van der Waals surface area contributed by atoms with Crippen molar-refractivity contribution in [2.45, 2.75) is 18.0 Å². The van der Waals surface area contributed by atoms with Crippen molar-refractivity contribution in [1.29, 1.82) is 0 Å². The van der Waals surface area contributed by atoms with Crippen LogP contribution >= 0.6 is 0 Å². The van der Waals surface area contributed by atoms with Gasteiger partial charge < -0.3 is 9.84 Å². The van der Waals surface area contributed by atoms with Crippen molar-refractivity contribution in [2.75, 3.05) is 13.1 Å². The molecule has 3 rings (SSSR count). The zero-order valence-corrected chi connectivity index (χ0v) is 10.7. The smallest absolute Gasteiger partial charge is 0.335 e. The second kappa shape index (κ2) is 4.80. The molecule has 8 heteroatoms. The Balaban J connectivity index is 1.93. The maximum Gasteiger partial charge on any atom is 0.335 e. The summed E-state index contributed by atoms with van der Waals surface area (Å²) < 4.78 is 60.2. The normalized spacial score (nSPS) is 22.7. The van der Waals surface area contributed by atoms with Crippen LogP contribution in [0.3, 0.4) is 0 Å². The second-order valence-electron chi connectivity index (χ2n) is 4.90. The molecule has 1 fully saturated rings. The quantitative estimate of drug-likeness (QED) is 0.885. The summed E-state index contributed by atoms with van der Waals surface area (Å²) in [5.74, 6) is -5.63. The van der Waals surface area contributed by atoms with Crippen LogP contribution in [0.5, 0.6) is 0 Å². The van der Waals surface area contributed by atoms with Gasteiger partial charge in [0.15, 0.2) is 0 Å². The number of hydrogen-bond acceptors (Lipinski definition) is 4. The summed E-state index contributed by atoms with van der Waals surface area (Å²) in [6, 6.07) is 3.66. The molecule has 1 atom stereocenters. The Labute approximate surface area is 117 Å². The summed E-state index contributed by atoms with van der Waals surface area (Å²) >= 11 is 0. The van der Waals surface area contributed by atoms with Gasteiger partial charge in [0.25, 0.3) is 5.89 Å². The average molecular weight is 301 g/mol. The molecule has 2 aromatic rings. The highest BCUT2D eigenvalue weighted by Crippen LogP contribution is 2.37. The standard InChI is InChI=1S/C13H11F4N3O/c14-9-3-1-8(2-4-9)13(16,17)10-19-11(21-20-10)12(15)5-6-18-7-12/h1-4,18H,5-7H2. The third-order valence-electron chi connectivity index (χ3n) is 3.40. The van der Waals surface area contributed by atoms with Gasteiger partial charge in [0.1, 0.15) is 5.82 Å². The van der Waals surface area contributed by atoms with Crippen molar-refractivity contribution in [3.63, 3.8) is 0 Å². The van der Waals surface area contributed by atoms with Crippen LogP contribution in [0.15, 0.2) is 28.8 Å². The molecule has 1 unspecified atom stereocenters. The lowest BCUT2D eigenvalue weighted by Crippen LogP contribution is -2.24. The van der Waals surface area contributed by atoms with E-state index >= 15 is 0 Å². The molecular weight excluding hydrogens is 290 g/mol. The van der Waals surface area contributed by atoms with Crippen molar-refractivity contribution < 1.29 is 22.1 Å². The lowest BCUT2D eigenvalue weighted by Gasteiger charge is -2.13. The van der Waals surface area contributed by atoms with Crippen molar-refractivity contribution in [2.24, 2.45) is 0 Å². The number of halogens is 4. The van der Waals surface area contributed by atoms with E-state index in [1.165, 1.54) is 0 Å². The van der Waals surface area contributed by atoms with Crippen LogP contribution in [0.2, 0.25) is 0 Å². The number of hydrogen-bond donors (Lipinski definition) is 1. The number of aromatic nitrogens is 2. The Morgan fingerprint density at radius 2 is 1.95 bits per heavy atom. The van der Waals surface area contributed by atoms with E-state index < -0.39 is 34.7 Å². The summed E-state index contributed by atoms with van der Waals surface area (Å²) in [4.78, 5) is 3.50. The first-order valence-electron chi connectivity index (χ1n) is 6.30. The zero-order valence-electron chi connectivity index (χ0n) is 10.7. The fourth-order valence-corrected chi connectivity index (χ4v) is 2.17. The van der Waals surface area contributed by atoms with Crippen molar-refractivity contribution in [1.82, 2.24) is 15.5 Å². The van der Waals surface area contributed by atoms with E-state index in [-0.39, 0.29) is 13.0 Å². The number of benzene rings is 1. The molecule has 21 heavy (non-hydrogen) atoms. The van der Waals surface area contributed by atoms with E-state index in [0.29, 0.717) is 6.54 Å². The summed E-state index contributed by atoms with van der Waals surface area (Å²) in [7, 11) is 0. The monoisotopic (exact) mass is 301 g/mol. The SMILES string of the molecule is Fc1ccc(C(F)(F)c2noc(C3(F)CCNC3)n2)cc1. The maximum absolute atomic E-state index is 14.3. The minimum absolute atomic E-state index is 0.0588. The van der Waals surface area contributed by atoms with Gasteiger partial charge in [-0.25, -0.2) is 8.78 Å². The van der Waals surface area contributed by atoms with Crippen molar-refractivity contribution in [3.05, 3.63) is 47.4 Å². The molecule has 1 N–H and O–H groups in total. The minimum atomic E-state index is -3.59. The maximum atomic E-state index is 14.3. The zero-order chi connectivity index (χ0) is 15.1. The Kier molecular flexibility index (Phi) is 3.20. The lowest BCUT2D eigenvalue weighted by molar-refractivity contribution is 0.0303. The van der Waals surface area contributed by atoms with Gasteiger partial charge in [-0.1, -0.05) is 5.16 Å². The van der Waals surface area contributed by atoms with Crippen LogP contribution in [0.4, 0.5) is 17.6 Å². The van der Waals surface area contributed by atoms with Crippen LogP contribution in [0, 0.1) is 5.82 Å². The van der Waals surface area contributed by atoms with E-state index in [1.807, 2.05) is 0 Å². The van der Waals surface area contributed by atoms with E-state index in [4.69, 9.17) is 0 Å². The van der Waals surface area contributed by atoms with Gasteiger partial charge in [0.2, 0.25) is 11.5 Å². The van der Waals surface area contributed by atoms with Crippen molar-refractivity contribution >= 4 is 0 Å². The van der Waals surface area contributed by atoms with Gasteiger partial charge in [-0.05, 0) is 30.8 Å². The third-order valence-corrected chi connectivity index (χ3v) is 3.40. The highest BCUT2D eigenvalue weighted by Gasteiger charge is 2.45. The van der Waals surface area contributed by atoms with Gasteiger partial charge in [0, 0.05) is 18.5 Å². The predicted molar refractivity (Wildman–Crippen MR) is 64.0 cm³/mol. The molecule has 0 radical (unpaired) electrons. The Morgan fingerprint density at radius 1 is 1.24 bits per heavy atom. The minimum Gasteiger partial charge on any atom is -0.335 e. The summed E-state index contributed by atoms with van der Waals surface area (Å²) in [6.07, 6.45) is 0.0801. The van der Waals surface area contributed by atoms with Gasteiger partial charge in [-0.15, -0.1) is 0 Å². The Morgan fingerprint density at radius 3 is 2.57 bits per heavy atom. The highest BCUT2D eigenvalue weighted by molar-refractivity contribution is 5.26. The van der Waals surface area contributed by atoms with Crippen LogP contribution in [-0.2, 0) is 11.6 Å². The molecule has 1 aliphatic rings. The van der Waals surface area contributed by atoms with Crippen LogP contribution in [0.25, 0.3) is 0 Å². The van der Waals surface area contributed by atoms with Crippen molar-refractivity contribution in [3.8, 4) is 0 Å². The molecule has 2 heterocycles. The van der Waals surface area contributed by atoms with Crippen LogP contribution < -0.4 is 5.32 Å². The molecule has 1 aromatic heterocycles. The topological polar surface area (TPSA) is 51.0 Å². The molecule has 1 aliphatic heterocycles. The molecule has 0 amide bonds. The van der Waals surface area contributed by atoms with Crippen LogP contribution in [-0.4, -0.2) is 23.2 Å². The largest absolute Gasteiger partial charge is 0.335 e. The second-order valence-corrected chi connectivity index (χ2v) is 4.90. The number of rotatable bonds is 3. The molecule has 4 nitrogen and oxygen atoms in total. The Hall–Kier alpha value is -1.96. The first-order valence-corrected chi connectivity index (χ1v) is 6.30. The molecule has 0 bridgehead atoms. The third kappa shape index (κ3) is 2.39. The van der Waals surface area contributed by atoms with Gasteiger partial charge in [0.05, 0.1) is 0 Å². The van der Waals surface area contributed by atoms with Gasteiger partial charge in [-0.2, -0.15) is 13.8 Å². The lowest BCUT2D eigenvalue weighted by atomic mass is 10.1. The number of nitrogens with one attached hydrogen (secondary N) is 1. The first kappa shape index (κ1) is 14.0. The molecule has 0 spiro atoms. The van der Waals surface area contributed by atoms with Gasteiger partial charge in [-0.3, -0.25) is 0 Å². The number of alkyl halides is 3. The summed E-state index contributed by atoms with van der Waals surface area (Å²) in [6.45, 7) is 0.347. The summed E-state index contributed by atoms with van der Waals surface area (Å²) in [5, 5.41) is 5.94. The van der Waals surface area contributed by atoms with E-state index in [2.05, 4.69) is 20.0 Å². The highest BCUT2D eigenvalue weighted by atomic mass is 19.3. The van der Waals surface area contributed by atoms with E-state index in [0.717, 1.165) is 24.3 Å². The molecule has 1 aromatic carbocycles. The first-order chi connectivity index (χ1) is 9.92. The van der Waals surface area contributed by atoms with E-state index in [1.54, 1.807) is 0 Å². The molecule has 0 saturated carbocycles. The fourth-order valence-electron chi connectivity index (χ4n) is 2.17. The molecular formula is C13H11F4N3O. The molecule has 1 saturated heterocycles. The molecule has 0 aliphatic carbocycles. The van der Waals surface area contributed by atoms with Gasteiger partial charge >= 0.3 is 5.92 Å². The summed E-state index contributed by atoms with van der Waals surface area (Å²) in [5.41, 5.74) is -2.42. The van der Waals surface area contributed by atoms with Crippen LogP contribution in [0.1, 0.15) is 23.7 Å². The molecule has 112 valence electrons.